The first kappa shape index (κ1) is 21.0. The van der Waals surface area contributed by atoms with Gasteiger partial charge in [-0.05, 0) is 49.8 Å². The molecule has 1 aromatic carbocycles. The van der Waals surface area contributed by atoms with Crippen LogP contribution in [0.3, 0.4) is 0 Å². The number of ether oxygens (including phenoxy) is 1. The standard InChI is InChI=1S/C23H30N2O4/c1-4-16(2)19-7-5-6-8-20(19)29-15-21(26)25-12-9-18(10-13-25)24-23(27)22-17(3)11-14-28-22/h5-8,11,14,16,18H,4,9-10,12-13,15H2,1-3H3,(H,24,27). The fourth-order valence-corrected chi connectivity index (χ4v) is 3.60. The molecule has 0 saturated carbocycles. The van der Waals surface area contributed by atoms with Crippen molar-refractivity contribution in [2.45, 2.75) is 52.0 Å². The fraction of sp³-hybridized carbons (Fsp3) is 0.478. The van der Waals surface area contributed by atoms with Crippen LogP contribution in [0.2, 0.25) is 0 Å². The number of hydrogen-bond acceptors (Lipinski definition) is 4. The maximum Gasteiger partial charge on any atom is 0.287 e. The summed E-state index contributed by atoms with van der Waals surface area (Å²) in [6.45, 7) is 7.40. The molecule has 1 saturated heterocycles. The van der Waals surface area contributed by atoms with Crippen LogP contribution in [0.4, 0.5) is 0 Å². The highest BCUT2D eigenvalue weighted by Gasteiger charge is 2.25. The molecule has 1 aliphatic rings. The van der Waals surface area contributed by atoms with Crippen molar-refractivity contribution < 1.29 is 18.7 Å². The van der Waals surface area contributed by atoms with Gasteiger partial charge in [0.25, 0.3) is 11.8 Å². The minimum atomic E-state index is -0.192. The number of nitrogens with zero attached hydrogens (tertiary/aromatic N) is 1. The number of carbonyl (C=O) groups is 2. The molecule has 0 bridgehead atoms. The van der Waals surface area contributed by atoms with Crippen LogP contribution >= 0.6 is 0 Å². The molecule has 1 unspecified atom stereocenters. The number of aryl methyl sites for hydroxylation is 1. The zero-order chi connectivity index (χ0) is 20.8. The van der Waals surface area contributed by atoms with E-state index in [1.807, 2.05) is 30.0 Å². The van der Waals surface area contributed by atoms with E-state index in [9.17, 15) is 9.59 Å². The normalized spacial score (nSPS) is 15.8. The summed E-state index contributed by atoms with van der Waals surface area (Å²) in [6, 6.07) is 9.73. The van der Waals surface area contributed by atoms with Gasteiger partial charge >= 0.3 is 0 Å². The summed E-state index contributed by atoms with van der Waals surface area (Å²) < 4.78 is 11.1. The lowest BCUT2D eigenvalue weighted by Crippen LogP contribution is -2.47. The van der Waals surface area contributed by atoms with E-state index < -0.39 is 0 Å². The maximum atomic E-state index is 12.6. The number of furan rings is 1. The second-order valence-electron chi connectivity index (χ2n) is 7.70. The molecule has 156 valence electrons. The minimum Gasteiger partial charge on any atom is -0.483 e. The molecule has 3 rings (SSSR count). The number of nitrogens with one attached hydrogen (secondary N) is 1. The zero-order valence-corrected chi connectivity index (χ0v) is 17.4. The third-order valence-corrected chi connectivity index (χ3v) is 5.66. The molecule has 1 atom stereocenters. The highest BCUT2D eigenvalue weighted by molar-refractivity contribution is 5.93. The average Bonchev–Trinajstić information content (AvgIpc) is 3.18. The summed E-state index contributed by atoms with van der Waals surface area (Å²) in [4.78, 5) is 26.7. The van der Waals surface area contributed by atoms with Crippen molar-refractivity contribution >= 4 is 11.8 Å². The summed E-state index contributed by atoms with van der Waals surface area (Å²) in [5.41, 5.74) is 1.96. The van der Waals surface area contributed by atoms with Gasteiger partial charge in [0.2, 0.25) is 0 Å². The number of para-hydroxylation sites is 1. The first-order valence-corrected chi connectivity index (χ1v) is 10.3. The Balaban J connectivity index is 1.47. The third kappa shape index (κ3) is 5.19. The lowest BCUT2D eigenvalue weighted by atomic mass is 9.98. The molecular weight excluding hydrogens is 368 g/mol. The first-order chi connectivity index (χ1) is 14.0. The summed E-state index contributed by atoms with van der Waals surface area (Å²) >= 11 is 0. The van der Waals surface area contributed by atoms with E-state index in [4.69, 9.17) is 9.15 Å². The summed E-state index contributed by atoms with van der Waals surface area (Å²) in [6.07, 6.45) is 3.98. The molecule has 2 amide bonds. The minimum absolute atomic E-state index is 0.0180. The lowest BCUT2D eigenvalue weighted by molar-refractivity contribution is -0.134. The van der Waals surface area contributed by atoms with Crippen LogP contribution in [-0.2, 0) is 4.79 Å². The van der Waals surface area contributed by atoms with Gasteiger partial charge in [-0.15, -0.1) is 0 Å². The van der Waals surface area contributed by atoms with Crippen molar-refractivity contribution in [3.05, 3.63) is 53.5 Å². The van der Waals surface area contributed by atoms with Crippen LogP contribution in [0.25, 0.3) is 0 Å². The highest BCUT2D eigenvalue weighted by Crippen LogP contribution is 2.28. The van der Waals surface area contributed by atoms with Gasteiger partial charge in [-0.2, -0.15) is 0 Å². The van der Waals surface area contributed by atoms with E-state index in [-0.39, 0.29) is 24.5 Å². The molecule has 1 aliphatic heterocycles. The third-order valence-electron chi connectivity index (χ3n) is 5.66. The Hall–Kier alpha value is -2.76. The Bertz CT molecular complexity index is 837. The first-order valence-electron chi connectivity index (χ1n) is 10.3. The lowest BCUT2D eigenvalue weighted by Gasteiger charge is -2.32. The fourth-order valence-electron chi connectivity index (χ4n) is 3.60. The molecule has 0 aliphatic carbocycles. The van der Waals surface area contributed by atoms with Gasteiger partial charge in [0, 0.05) is 24.7 Å². The molecule has 6 heteroatoms. The summed E-state index contributed by atoms with van der Waals surface area (Å²) in [5.74, 6) is 1.32. The molecular formula is C23H30N2O4. The van der Waals surface area contributed by atoms with E-state index in [1.165, 1.54) is 6.26 Å². The van der Waals surface area contributed by atoms with Gasteiger partial charge in [-0.25, -0.2) is 0 Å². The molecule has 0 spiro atoms. The molecule has 6 nitrogen and oxygen atoms in total. The number of rotatable bonds is 7. The smallest absolute Gasteiger partial charge is 0.287 e. The molecule has 29 heavy (non-hydrogen) atoms. The van der Waals surface area contributed by atoms with E-state index in [0.717, 1.165) is 36.1 Å². The Labute approximate surface area is 172 Å². The molecule has 0 radical (unpaired) electrons. The van der Waals surface area contributed by atoms with Crippen molar-refractivity contribution in [1.29, 1.82) is 0 Å². The monoisotopic (exact) mass is 398 g/mol. The van der Waals surface area contributed by atoms with E-state index in [2.05, 4.69) is 25.2 Å². The predicted molar refractivity (Wildman–Crippen MR) is 111 cm³/mol. The van der Waals surface area contributed by atoms with Crippen molar-refractivity contribution in [1.82, 2.24) is 10.2 Å². The Morgan fingerprint density at radius 3 is 2.62 bits per heavy atom. The van der Waals surface area contributed by atoms with Gasteiger partial charge in [0.1, 0.15) is 5.75 Å². The second kappa shape index (κ2) is 9.63. The Morgan fingerprint density at radius 1 is 1.24 bits per heavy atom. The van der Waals surface area contributed by atoms with E-state index in [0.29, 0.717) is 24.8 Å². The van der Waals surface area contributed by atoms with Gasteiger partial charge in [0.15, 0.2) is 12.4 Å². The quantitative estimate of drug-likeness (QED) is 0.768. The van der Waals surface area contributed by atoms with Crippen molar-refractivity contribution in [2.75, 3.05) is 19.7 Å². The number of hydrogen-bond donors (Lipinski definition) is 1. The van der Waals surface area contributed by atoms with Gasteiger partial charge < -0.3 is 19.4 Å². The maximum absolute atomic E-state index is 12.6. The number of carbonyl (C=O) groups excluding carboxylic acids is 2. The van der Waals surface area contributed by atoms with Crippen LogP contribution < -0.4 is 10.1 Å². The number of benzene rings is 1. The second-order valence-corrected chi connectivity index (χ2v) is 7.70. The Kier molecular flexibility index (Phi) is 6.96. The number of likely N-dealkylation sites (tertiary alicyclic amines) is 1. The van der Waals surface area contributed by atoms with Crippen LogP contribution in [-0.4, -0.2) is 42.5 Å². The zero-order valence-electron chi connectivity index (χ0n) is 17.4. The van der Waals surface area contributed by atoms with Crippen LogP contribution in [0.5, 0.6) is 5.75 Å². The Morgan fingerprint density at radius 2 is 1.97 bits per heavy atom. The average molecular weight is 399 g/mol. The largest absolute Gasteiger partial charge is 0.483 e. The SMILES string of the molecule is CCC(C)c1ccccc1OCC(=O)N1CCC(NC(=O)c2occc2C)CC1. The summed E-state index contributed by atoms with van der Waals surface area (Å²) in [7, 11) is 0. The molecule has 1 aromatic heterocycles. The van der Waals surface area contributed by atoms with E-state index in [1.54, 1.807) is 6.07 Å². The van der Waals surface area contributed by atoms with Crippen LogP contribution in [0.1, 0.15) is 60.7 Å². The van der Waals surface area contributed by atoms with E-state index >= 15 is 0 Å². The predicted octanol–water partition coefficient (Wildman–Crippen LogP) is 3.90. The molecule has 1 N–H and O–H groups in total. The van der Waals surface area contributed by atoms with Gasteiger partial charge in [-0.3, -0.25) is 9.59 Å². The van der Waals surface area contributed by atoms with Crippen LogP contribution in [0.15, 0.2) is 41.0 Å². The van der Waals surface area contributed by atoms with Crippen molar-refractivity contribution in [3.8, 4) is 5.75 Å². The molecule has 1 fully saturated rings. The number of amides is 2. The molecule has 2 aromatic rings. The van der Waals surface area contributed by atoms with Crippen LogP contribution in [0, 0.1) is 6.92 Å². The van der Waals surface area contributed by atoms with Gasteiger partial charge in [0.05, 0.1) is 6.26 Å². The topological polar surface area (TPSA) is 71.8 Å². The number of piperidine rings is 1. The van der Waals surface area contributed by atoms with Crippen molar-refractivity contribution in [3.63, 3.8) is 0 Å². The van der Waals surface area contributed by atoms with Crippen molar-refractivity contribution in [2.24, 2.45) is 0 Å². The highest BCUT2D eigenvalue weighted by atomic mass is 16.5. The molecule has 2 heterocycles. The van der Waals surface area contributed by atoms with Gasteiger partial charge in [-0.1, -0.05) is 32.0 Å². The summed E-state index contributed by atoms with van der Waals surface area (Å²) in [5, 5.41) is 3.00.